The number of fused-ring (bicyclic) bond motifs is 3. The lowest BCUT2D eigenvalue weighted by Crippen LogP contribution is -2.56. The number of nitrogens with zero attached hydrogens (tertiary/aromatic N) is 1. The number of methoxy groups -OCH3 is 1. The van der Waals surface area contributed by atoms with Gasteiger partial charge in [0.2, 0.25) is 0 Å². The molecule has 0 amide bonds. The van der Waals surface area contributed by atoms with Gasteiger partial charge in [-0.2, -0.15) is 0 Å². The van der Waals surface area contributed by atoms with E-state index < -0.39 is 0 Å². The highest BCUT2D eigenvalue weighted by Crippen LogP contribution is 2.53. The van der Waals surface area contributed by atoms with Crippen LogP contribution in [0.2, 0.25) is 0 Å². The number of hydrogen-bond donors (Lipinski definition) is 0. The normalized spacial score (nSPS) is 30.8. The molecule has 2 heteroatoms. The monoisotopic (exact) mass is 231 g/mol. The van der Waals surface area contributed by atoms with E-state index >= 15 is 0 Å². The first-order chi connectivity index (χ1) is 7.99. The van der Waals surface area contributed by atoms with Crippen LogP contribution in [0.3, 0.4) is 0 Å². The van der Waals surface area contributed by atoms with Gasteiger partial charge in [-0.15, -0.1) is 0 Å². The third kappa shape index (κ3) is 1.19. The van der Waals surface area contributed by atoms with Crippen LogP contribution < -0.4 is 4.74 Å². The fourth-order valence-corrected chi connectivity index (χ4v) is 3.94. The molecule has 1 aromatic carbocycles. The van der Waals surface area contributed by atoms with E-state index in [4.69, 9.17) is 4.74 Å². The highest BCUT2D eigenvalue weighted by atomic mass is 16.5. The van der Waals surface area contributed by atoms with Crippen LogP contribution in [0.4, 0.5) is 0 Å². The zero-order valence-corrected chi connectivity index (χ0v) is 11.4. The summed E-state index contributed by atoms with van der Waals surface area (Å²) in [5.74, 6) is 1.07. The SMILES string of the molecule is COc1c(C)cc2c(c1C)CN1C(C)CC21C. The lowest BCUT2D eigenvalue weighted by atomic mass is 9.77. The first kappa shape index (κ1) is 11.1. The summed E-state index contributed by atoms with van der Waals surface area (Å²) in [5.41, 5.74) is 5.93. The van der Waals surface area contributed by atoms with Gasteiger partial charge in [0.1, 0.15) is 5.75 Å². The standard InChI is InChI=1S/C15H21NO/c1-9-6-13-12(11(3)14(9)17-5)8-16-10(2)7-15(13,16)4/h6,10H,7-8H2,1-5H3. The van der Waals surface area contributed by atoms with Crippen molar-refractivity contribution in [2.45, 2.75) is 52.2 Å². The summed E-state index contributed by atoms with van der Waals surface area (Å²) in [6.07, 6.45) is 1.28. The van der Waals surface area contributed by atoms with Gasteiger partial charge < -0.3 is 4.74 Å². The second-order valence-corrected chi connectivity index (χ2v) is 5.83. The molecule has 1 aromatic rings. The van der Waals surface area contributed by atoms with Crippen molar-refractivity contribution < 1.29 is 4.74 Å². The molecule has 2 aliphatic heterocycles. The molecule has 2 aliphatic rings. The lowest BCUT2D eigenvalue weighted by Gasteiger charge is -2.52. The molecule has 17 heavy (non-hydrogen) atoms. The fraction of sp³-hybridized carbons (Fsp3) is 0.600. The minimum Gasteiger partial charge on any atom is -0.496 e. The van der Waals surface area contributed by atoms with Gasteiger partial charge in [-0.05, 0) is 56.4 Å². The van der Waals surface area contributed by atoms with Gasteiger partial charge in [0.15, 0.2) is 0 Å². The fourth-order valence-electron chi connectivity index (χ4n) is 3.94. The predicted molar refractivity (Wildman–Crippen MR) is 69.4 cm³/mol. The van der Waals surface area contributed by atoms with Crippen LogP contribution in [0.15, 0.2) is 6.07 Å². The number of aryl methyl sites for hydroxylation is 1. The largest absolute Gasteiger partial charge is 0.496 e. The van der Waals surface area contributed by atoms with E-state index in [0.717, 1.165) is 18.3 Å². The van der Waals surface area contributed by atoms with Crippen LogP contribution >= 0.6 is 0 Å². The minimum atomic E-state index is 0.288. The molecule has 1 fully saturated rings. The van der Waals surface area contributed by atoms with Gasteiger partial charge in [0, 0.05) is 18.1 Å². The highest BCUT2D eigenvalue weighted by molar-refractivity contribution is 5.54. The zero-order chi connectivity index (χ0) is 12.4. The number of ether oxygens (including phenoxy) is 1. The molecule has 2 unspecified atom stereocenters. The smallest absolute Gasteiger partial charge is 0.125 e. The Hall–Kier alpha value is -1.02. The summed E-state index contributed by atoms with van der Waals surface area (Å²) in [4.78, 5) is 2.61. The van der Waals surface area contributed by atoms with Crippen LogP contribution in [-0.2, 0) is 12.1 Å². The van der Waals surface area contributed by atoms with Gasteiger partial charge in [0.25, 0.3) is 0 Å². The maximum absolute atomic E-state index is 5.53. The average Bonchev–Trinajstić information content (AvgIpc) is 2.48. The van der Waals surface area contributed by atoms with Crippen molar-refractivity contribution >= 4 is 0 Å². The Morgan fingerprint density at radius 1 is 1.41 bits per heavy atom. The molecular weight excluding hydrogens is 210 g/mol. The Bertz CT molecular complexity index is 494. The molecule has 0 aromatic heterocycles. The summed E-state index contributed by atoms with van der Waals surface area (Å²) in [7, 11) is 1.77. The maximum Gasteiger partial charge on any atom is 0.125 e. The minimum absolute atomic E-state index is 0.288. The van der Waals surface area contributed by atoms with E-state index in [0.29, 0.717) is 0 Å². The quantitative estimate of drug-likeness (QED) is 0.736. The van der Waals surface area contributed by atoms with Crippen molar-refractivity contribution in [3.05, 3.63) is 28.3 Å². The molecule has 0 saturated carbocycles. The Labute approximate surface area is 104 Å². The predicted octanol–water partition coefficient (Wildman–Crippen LogP) is 3.14. The Balaban J connectivity index is 2.18. The van der Waals surface area contributed by atoms with Gasteiger partial charge in [-0.3, -0.25) is 4.90 Å². The second-order valence-electron chi connectivity index (χ2n) is 5.83. The van der Waals surface area contributed by atoms with Gasteiger partial charge in [-0.25, -0.2) is 0 Å². The van der Waals surface area contributed by atoms with Gasteiger partial charge in [-0.1, -0.05) is 6.07 Å². The molecule has 2 atom stereocenters. The van der Waals surface area contributed by atoms with Crippen molar-refractivity contribution in [3.63, 3.8) is 0 Å². The highest BCUT2D eigenvalue weighted by Gasteiger charge is 2.52. The number of hydrogen-bond acceptors (Lipinski definition) is 2. The molecule has 0 radical (unpaired) electrons. The molecule has 2 heterocycles. The van der Waals surface area contributed by atoms with Crippen molar-refractivity contribution in [2.75, 3.05) is 7.11 Å². The first-order valence-electron chi connectivity index (χ1n) is 6.43. The molecule has 0 spiro atoms. The number of rotatable bonds is 1. The topological polar surface area (TPSA) is 12.5 Å². The lowest BCUT2D eigenvalue weighted by molar-refractivity contribution is -0.0466. The summed E-state index contributed by atoms with van der Waals surface area (Å²) >= 11 is 0. The average molecular weight is 231 g/mol. The van der Waals surface area contributed by atoms with E-state index in [9.17, 15) is 0 Å². The van der Waals surface area contributed by atoms with Crippen molar-refractivity contribution in [1.29, 1.82) is 0 Å². The van der Waals surface area contributed by atoms with Crippen molar-refractivity contribution in [1.82, 2.24) is 4.90 Å². The molecule has 0 aliphatic carbocycles. The molecule has 0 N–H and O–H groups in total. The third-order valence-electron chi connectivity index (χ3n) is 4.81. The van der Waals surface area contributed by atoms with Gasteiger partial charge in [0.05, 0.1) is 7.11 Å². The Morgan fingerprint density at radius 3 is 2.71 bits per heavy atom. The van der Waals surface area contributed by atoms with E-state index in [1.165, 1.54) is 28.7 Å². The number of benzene rings is 1. The van der Waals surface area contributed by atoms with E-state index in [-0.39, 0.29) is 5.54 Å². The van der Waals surface area contributed by atoms with Crippen molar-refractivity contribution in [3.8, 4) is 5.75 Å². The van der Waals surface area contributed by atoms with E-state index in [2.05, 4.69) is 38.7 Å². The molecule has 92 valence electrons. The van der Waals surface area contributed by atoms with Gasteiger partial charge >= 0.3 is 0 Å². The third-order valence-corrected chi connectivity index (χ3v) is 4.81. The molecule has 2 nitrogen and oxygen atoms in total. The van der Waals surface area contributed by atoms with Crippen LogP contribution in [0, 0.1) is 13.8 Å². The van der Waals surface area contributed by atoms with Crippen LogP contribution in [0.1, 0.15) is 42.5 Å². The van der Waals surface area contributed by atoms with Crippen LogP contribution in [0.25, 0.3) is 0 Å². The second kappa shape index (κ2) is 3.26. The maximum atomic E-state index is 5.53. The molecule has 3 rings (SSSR count). The van der Waals surface area contributed by atoms with Crippen molar-refractivity contribution in [2.24, 2.45) is 0 Å². The summed E-state index contributed by atoms with van der Waals surface area (Å²) in [6, 6.07) is 3.06. The molecular formula is C15H21NO. The first-order valence-corrected chi connectivity index (χ1v) is 6.43. The Morgan fingerprint density at radius 2 is 2.12 bits per heavy atom. The van der Waals surface area contributed by atoms with E-state index in [1.807, 2.05) is 0 Å². The Kier molecular flexibility index (Phi) is 2.13. The van der Waals surface area contributed by atoms with Crippen LogP contribution in [0.5, 0.6) is 5.75 Å². The van der Waals surface area contributed by atoms with E-state index in [1.54, 1.807) is 7.11 Å². The van der Waals surface area contributed by atoms with Crippen LogP contribution in [-0.4, -0.2) is 18.1 Å². The molecule has 0 bridgehead atoms. The zero-order valence-electron chi connectivity index (χ0n) is 11.4. The summed E-state index contributed by atoms with van der Waals surface area (Å²) < 4.78 is 5.53. The summed E-state index contributed by atoms with van der Waals surface area (Å²) in [5, 5.41) is 0. The summed E-state index contributed by atoms with van der Waals surface area (Å²) in [6.45, 7) is 10.2. The molecule has 1 saturated heterocycles.